The largest absolute Gasteiger partial charge is 0.439 e. The highest BCUT2D eigenvalue weighted by Crippen LogP contribution is 2.19. The normalized spacial score (nSPS) is 13.4. The molecule has 6 rings (SSSR count). The van der Waals surface area contributed by atoms with Gasteiger partial charge in [-0.15, -0.1) is 25.5 Å². The summed E-state index contributed by atoms with van der Waals surface area (Å²) in [5.74, 6) is 0.797. The average Bonchev–Trinajstić information content (AvgIpc) is 3.15. The zero-order valence-electron chi connectivity index (χ0n) is 26.2. The lowest BCUT2D eigenvalue weighted by molar-refractivity contribution is 0.0913. The second-order valence-corrected chi connectivity index (χ2v) is 9.19. The van der Waals surface area contributed by atoms with E-state index in [0.29, 0.717) is 59.7 Å². The van der Waals surface area contributed by atoms with Gasteiger partial charge in [0.05, 0.1) is 17.1 Å². The van der Waals surface area contributed by atoms with Crippen molar-refractivity contribution in [2.24, 2.45) is 10.2 Å². The molecule has 1 unspecified atom stereocenters. The SMILES string of the molecule is CC.CCN(CC)C(=O)OC1CC(c2ccccn2)=NN=C1c1ccccn1.c1ccc(-c2nnc(-c3ccccn3)nn2)nc1. The second-order valence-electron chi connectivity index (χ2n) is 9.19. The van der Waals surface area contributed by atoms with E-state index in [-0.39, 0.29) is 6.09 Å². The molecule has 0 fully saturated rings. The van der Waals surface area contributed by atoms with E-state index in [1.54, 1.807) is 41.8 Å². The molecule has 0 saturated heterocycles. The van der Waals surface area contributed by atoms with Gasteiger partial charge < -0.3 is 9.64 Å². The molecule has 1 atom stereocenters. The number of rotatable bonds is 7. The van der Waals surface area contributed by atoms with Crippen molar-refractivity contribution in [3.63, 3.8) is 0 Å². The molecule has 13 heteroatoms. The van der Waals surface area contributed by atoms with Crippen LogP contribution < -0.4 is 0 Å². The van der Waals surface area contributed by atoms with Crippen molar-refractivity contribution in [3.05, 3.63) is 109 Å². The van der Waals surface area contributed by atoms with Crippen LogP contribution in [0, 0.1) is 0 Å². The Kier molecular flexibility index (Phi) is 12.5. The molecule has 5 aromatic rings. The summed E-state index contributed by atoms with van der Waals surface area (Å²) in [6, 6.07) is 22.1. The molecule has 1 aliphatic heterocycles. The first-order valence-corrected chi connectivity index (χ1v) is 15.0. The fourth-order valence-corrected chi connectivity index (χ4v) is 4.11. The lowest BCUT2D eigenvalue weighted by atomic mass is 10.0. The lowest BCUT2D eigenvalue weighted by Gasteiger charge is -2.26. The van der Waals surface area contributed by atoms with Gasteiger partial charge in [0.25, 0.3) is 0 Å². The molecule has 1 aliphatic rings. The quantitative estimate of drug-likeness (QED) is 0.233. The highest BCUT2D eigenvalue weighted by Gasteiger charge is 2.30. The van der Waals surface area contributed by atoms with Crippen molar-refractivity contribution < 1.29 is 9.53 Å². The first-order valence-electron chi connectivity index (χ1n) is 15.0. The van der Waals surface area contributed by atoms with E-state index in [1.807, 2.05) is 88.4 Å². The number of pyridine rings is 4. The molecule has 234 valence electrons. The summed E-state index contributed by atoms with van der Waals surface area (Å²) in [5, 5.41) is 24.6. The first-order chi connectivity index (χ1) is 22.7. The number of hydrogen-bond acceptors (Lipinski definition) is 12. The van der Waals surface area contributed by atoms with Gasteiger partial charge in [-0.2, -0.15) is 5.10 Å². The zero-order valence-corrected chi connectivity index (χ0v) is 26.2. The van der Waals surface area contributed by atoms with E-state index >= 15 is 0 Å². The summed E-state index contributed by atoms with van der Waals surface area (Å²) in [6.45, 7) is 9.00. The third-order valence-electron chi connectivity index (χ3n) is 6.38. The predicted molar refractivity (Wildman–Crippen MR) is 175 cm³/mol. The monoisotopic (exact) mass is 617 g/mol. The van der Waals surface area contributed by atoms with Crippen LogP contribution in [0.5, 0.6) is 0 Å². The topological polar surface area (TPSA) is 157 Å². The lowest BCUT2D eigenvalue weighted by Crippen LogP contribution is -2.39. The Bertz CT molecular complexity index is 1630. The summed E-state index contributed by atoms with van der Waals surface area (Å²) in [7, 11) is 0. The van der Waals surface area contributed by atoms with Crippen LogP contribution in [0.2, 0.25) is 0 Å². The van der Waals surface area contributed by atoms with Crippen molar-refractivity contribution in [1.82, 2.24) is 45.2 Å². The molecule has 46 heavy (non-hydrogen) atoms. The van der Waals surface area contributed by atoms with Crippen LogP contribution in [0.1, 0.15) is 45.5 Å². The van der Waals surface area contributed by atoms with Crippen LogP contribution in [-0.2, 0) is 4.74 Å². The molecule has 0 aliphatic carbocycles. The average molecular weight is 618 g/mol. The highest BCUT2D eigenvalue weighted by molar-refractivity contribution is 6.10. The number of aromatic nitrogens is 8. The summed E-state index contributed by atoms with van der Waals surface area (Å²) in [5.41, 5.74) is 3.89. The van der Waals surface area contributed by atoms with Gasteiger partial charge in [-0.05, 0) is 62.4 Å². The minimum Gasteiger partial charge on any atom is -0.439 e. The Labute approximate surface area is 267 Å². The van der Waals surface area contributed by atoms with Gasteiger partial charge in [0.2, 0.25) is 11.6 Å². The van der Waals surface area contributed by atoms with Gasteiger partial charge in [-0.3, -0.25) is 19.9 Å². The Balaban J connectivity index is 0.000000209. The number of carbonyl (C=O) groups is 1. The van der Waals surface area contributed by atoms with Gasteiger partial charge in [0, 0.05) is 44.3 Å². The summed E-state index contributed by atoms with van der Waals surface area (Å²) in [4.78, 5) is 31.0. The minimum atomic E-state index is -0.562. The van der Waals surface area contributed by atoms with Crippen LogP contribution in [-0.4, -0.2) is 81.9 Å². The molecule has 0 saturated carbocycles. The first kappa shape index (κ1) is 33.1. The smallest absolute Gasteiger partial charge is 0.410 e. The van der Waals surface area contributed by atoms with E-state index in [4.69, 9.17) is 4.74 Å². The highest BCUT2D eigenvalue weighted by atomic mass is 16.6. The fraction of sp³-hybridized carbons (Fsp3) is 0.242. The van der Waals surface area contributed by atoms with Crippen molar-refractivity contribution in [2.75, 3.05) is 13.1 Å². The molecular weight excluding hydrogens is 582 g/mol. The molecule has 0 radical (unpaired) electrons. The minimum absolute atomic E-state index is 0.370. The van der Waals surface area contributed by atoms with Crippen molar-refractivity contribution in [3.8, 4) is 23.0 Å². The third kappa shape index (κ3) is 8.85. The van der Waals surface area contributed by atoms with E-state index < -0.39 is 6.10 Å². The Hall–Kier alpha value is -5.85. The van der Waals surface area contributed by atoms with Gasteiger partial charge in [0.15, 0.2) is 6.10 Å². The van der Waals surface area contributed by atoms with E-state index in [0.717, 1.165) is 5.69 Å². The second kappa shape index (κ2) is 17.4. The molecule has 5 aromatic heterocycles. The molecule has 1 amide bonds. The van der Waals surface area contributed by atoms with Crippen LogP contribution in [0.25, 0.3) is 23.0 Å². The fourth-order valence-electron chi connectivity index (χ4n) is 4.11. The predicted octanol–water partition coefficient (Wildman–Crippen LogP) is 5.34. The number of carbonyl (C=O) groups excluding carboxylic acids is 1. The molecular formula is C33H35N11O2. The van der Waals surface area contributed by atoms with Crippen LogP contribution in [0.4, 0.5) is 4.79 Å². The molecule has 0 bridgehead atoms. The maximum Gasteiger partial charge on any atom is 0.410 e. The van der Waals surface area contributed by atoms with Crippen molar-refractivity contribution in [1.29, 1.82) is 0 Å². The molecule has 0 aromatic carbocycles. The number of ether oxygens (including phenoxy) is 1. The van der Waals surface area contributed by atoms with Gasteiger partial charge >= 0.3 is 6.09 Å². The number of nitrogens with zero attached hydrogens (tertiary/aromatic N) is 11. The van der Waals surface area contributed by atoms with Crippen molar-refractivity contribution in [2.45, 2.75) is 40.2 Å². The Morgan fingerprint density at radius 3 is 1.50 bits per heavy atom. The zero-order chi connectivity index (χ0) is 32.6. The third-order valence-corrected chi connectivity index (χ3v) is 6.38. The van der Waals surface area contributed by atoms with Gasteiger partial charge in [-0.25, -0.2) is 4.79 Å². The summed E-state index contributed by atoms with van der Waals surface area (Å²) in [6.07, 6.45) is 6.19. The Morgan fingerprint density at radius 1 is 0.652 bits per heavy atom. The van der Waals surface area contributed by atoms with E-state index in [2.05, 4.69) is 50.5 Å². The summed E-state index contributed by atoms with van der Waals surface area (Å²) < 4.78 is 5.76. The van der Waals surface area contributed by atoms with Gasteiger partial charge in [0.1, 0.15) is 17.1 Å². The molecule has 13 nitrogen and oxygen atoms in total. The van der Waals surface area contributed by atoms with E-state index in [9.17, 15) is 4.79 Å². The summed E-state index contributed by atoms with van der Waals surface area (Å²) >= 11 is 0. The standard InChI is InChI=1S/C19H21N5O2.C12H8N6.C2H6/c1-3-24(4-2)19(25)26-17-13-16(14-9-5-7-11-20-14)22-23-18(17)15-10-6-8-12-21-15;1-3-7-13-9(5-1)11-15-17-12(18-16-11)10-6-2-4-8-14-10;1-2/h5-12,17H,3-4,13H2,1-2H3;1-8H;1-2H3. The maximum absolute atomic E-state index is 12.5. The maximum atomic E-state index is 12.5. The number of hydrogen-bond donors (Lipinski definition) is 0. The molecule has 6 heterocycles. The van der Waals surface area contributed by atoms with Crippen LogP contribution >= 0.6 is 0 Å². The molecule has 0 N–H and O–H groups in total. The van der Waals surface area contributed by atoms with Crippen LogP contribution in [0.15, 0.2) is 108 Å². The van der Waals surface area contributed by atoms with E-state index in [1.165, 1.54) is 0 Å². The molecule has 0 spiro atoms. The van der Waals surface area contributed by atoms with Gasteiger partial charge in [-0.1, -0.05) is 38.1 Å². The van der Waals surface area contributed by atoms with Crippen LogP contribution in [0.3, 0.4) is 0 Å². The Morgan fingerprint density at radius 2 is 1.09 bits per heavy atom. The van der Waals surface area contributed by atoms with Crippen molar-refractivity contribution >= 4 is 17.5 Å². The number of amides is 1.